The van der Waals surface area contributed by atoms with E-state index in [2.05, 4.69) is 20.8 Å². The number of aliphatic hydroxyl groups is 1. The number of nitrogens with zero attached hydrogens (tertiary/aromatic N) is 2. The van der Waals surface area contributed by atoms with E-state index in [0.29, 0.717) is 22.8 Å². The molecule has 1 aliphatic heterocycles. The number of carbonyl (C=O) groups excluding carboxylic acids is 1. The van der Waals surface area contributed by atoms with Crippen LogP contribution < -0.4 is 10.6 Å². The molecule has 2 unspecified atom stereocenters. The van der Waals surface area contributed by atoms with Gasteiger partial charge in [-0.15, -0.1) is 11.3 Å². The largest absolute Gasteiger partial charge is 0.396 e. The molecular weight excluding hydrogens is 434 g/mol. The average Bonchev–Trinajstić information content (AvgIpc) is 3.41. The van der Waals surface area contributed by atoms with Crippen molar-refractivity contribution in [1.82, 2.24) is 25.8 Å². The van der Waals surface area contributed by atoms with E-state index in [1.807, 2.05) is 19.1 Å². The van der Waals surface area contributed by atoms with Gasteiger partial charge in [0.05, 0.1) is 17.4 Å². The number of hydrogen-bond donors (Lipinski definition) is 4. The quantitative estimate of drug-likeness (QED) is 0.432. The molecule has 3 heterocycles. The van der Waals surface area contributed by atoms with Crippen molar-refractivity contribution in [2.45, 2.75) is 44.7 Å². The Morgan fingerprint density at radius 3 is 2.87 bits per heavy atom. The molecular formula is C22H26ClN5O2S. The Balaban J connectivity index is 1.56. The predicted octanol–water partition coefficient (Wildman–Crippen LogP) is 3.64. The zero-order chi connectivity index (χ0) is 21.8. The molecule has 1 saturated heterocycles. The van der Waals surface area contributed by atoms with Gasteiger partial charge in [0.1, 0.15) is 10.7 Å². The van der Waals surface area contributed by atoms with Crippen LogP contribution in [0.2, 0.25) is 5.02 Å². The van der Waals surface area contributed by atoms with Crippen LogP contribution >= 0.6 is 22.9 Å². The number of hydrogen-bond acceptors (Lipinski definition) is 6. The summed E-state index contributed by atoms with van der Waals surface area (Å²) < 4.78 is 0. The van der Waals surface area contributed by atoms with Gasteiger partial charge in [-0.2, -0.15) is 5.10 Å². The highest BCUT2D eigenvalue weighted by molar-refractivity contribution is 7.11. The first-order chi connectivity index (χ1) is 15.0. The number of aromatic nitrogens is 3. The number of amides is 1. The van der Waals surface area contributed by atoms with Gasteiger partial charge in [-0.3, -0.25) is 9.89 Å². The minimum atomic E-state index is -0.244. The maximum absolute atomic E-state index is 13.1. The Kier molecular flexibility index (Phi) is 7.02. The van der Waals surface area contributed by atoms with Gasteiger partial charge >= 0.3 is 0 Å². The Hall–Kier alpha value is -2.26. The van der Waals surface area contributed by atoms with Gasteiger partial charge in [0.2, 0.25) is 0 Å². The highest BCUT2D eigenvalue weighted by Crippen LogP contribution is 2.29. The summed E-state index contributed by atoms with van der Waals surface area (Å²) in [5, 5.41) is 24.7. The van der Waals surface area contributed by atoms with Crippen LogP contribution in [-0.2, 0) is 6.42 Å². The van der Waals surface area contributed by atoms with E-state index in [1.54, 1.807) is 29.5 Å². The molecule has 0 radical (unpaired) electrons. The molecule has 4 rings (SSSR count). The topological polar surface area (TPSA) is 103 Å². The SMILES string of the molecule is Cc1nc(C(NC(=O)c2cc(-c3ccc(Cl)cc3)n[nH]2)C2CCCCN2)sc1CCO. The smallest absolute Gasteiger partial charge is 0.269 e. The zero-order valence-electron chi connectivity index (χ0n) is 17.3. The van der Waals surface area contributed by atoms with Crippen molar-refractivity contribution in [2.75, 3.05) is 13.2 Å². The third kappa shape index (κ3) is 5.15. The summed E-state index contributed by atoms with van der Waals surface area (Å²) in [4.78, 5) is 18.9. The minimum absolute atomic E-state index is 0.0861. The normalized spacial score (nSPS) is 17.5. The number of piperidine rings is 1. The summed E-state index contributed by atoms with van der Waals surface area (Å²) in [6.45, 7) is 2.96. The maximum atomic E-state index is 13.1. The van der Waals surface area contributed by atoms with Gasteiger partial charge in [-0.1, -0.05) is 30.2 Å². The molecule has 1 aromatic carbocycles. The Morgan fingerprint density at radius 1 is 1.35 bits per heavy atom. The molecule has 31 heavy (non-hydrogen) atoms. The molecule has 0 saturated carbocycles. The van der Waals surface area contributed by atoms with Crippen molar-refractivity contribution in [3.8, 4) is 11.3 Å². The molecule has 2 atom stereocenters. The Labute approximate surface area is 190 Å². The minimum Gasteiger partial charge on any atom is -0.396 e. The van der Waals surface area contributed by atoms with Crippen LogP contribution in [0.3, 0.4) is 0 Å². The summed E-state index contributed by atoms with van der Waals surface area (Å²) in [7, 11) is 0. The molecule has 4 N–H and O–H groups in total. The van der Waals surface area contributed by atoms with Gasteiger partial charge in [-0.05, 0) is 44.5 Å². The van der Waals surface area contributed by atoms with Gasteiger partial charge in [-0.25, -0.2) is 4.98 Å². The second-order valence-corrected chi connectivity index (χ2v) is 9.27. The van der Waals surface area contributed by atoms with E-state index in [9.17, 15) is 9.90 Å². The molecule has 1 fully saturated rings. The predicted molar refractivity (Wildman–Crippen MR) is 123 cm³/mol. The van der Waals surface area contributed by atoms with Gasteiger partial charge < -0.3 is 15.7 Å². The number of rotatable bonds is 7. The fraction of sp³-hybridized carbons (Fsp3) is 0.409. The van der Waals surface area contributed by atoms with E-state index in [-0.39, 0.29) is 24.6 Å². The molecule has 164 valence electrons. The van der Waals surface area contributed by atoms with Crippen molar-refractivity contribution in [3.63, 3.8) is 0 Å². The lowest BCUT2D eigenvalue weighted by atomic mass is 9.98. The number of halogens is 1. The highest BCUT2D eigenvalue weighted by atomic mass is 35.5. The fourth-order valence-corrected chi connectivity index (χ4v) is 5.14. The maximum Gasteiger partial charge on any atom is 0.269 e. The van der Waals surface area contributed by atoms with Crippen LogP contribution in [0.15, 0.2) is 30.3 Å². The number of H-pyrrole nitrogens is 1. The summed E-state index contributed by atoms with van der Waals surface area (Å²) in [5.41, 5.74) is 2.88. The number of aromatic amines is 1. The zero-order valence-corrected chi connectivity index (χ0v) is 18.9. The lowest BCUT2D eigenvalue weighted by Gasteiger charge is -2.30. The van der Waals surface area contributed by atoms with Crippen molar-refractivity contribution >= 4 is 28.8 Å². The number of aryl methyl sites for hydroxylation is 1. The molecule has 0 aliphatic carbocycles. The highest BCUT2D eigenvalue weighted by Gasteiger charge is 2.30. The molecule has 2 aromatic heterocycles. The first kappa shape index (κ1) is 22.0. The summed E-state index contributed by atoms with van der Waals surface area (Å²) in [6.07, 6.45) is 3.79. The molecule has 9 heteroatoms. The number of carbonyl (C=O) groups is 1. The standard InChI is InChI=1S/C22H26ClN5O2S/c1-13-19(9-11-29)31-22(25-13)20(16-4-2-3-10-24-16)26-21(30)18-12-17(27-28-18)14-5-7-15(23)8-6-14/h5-8,12,16,20,24,29H,2-4,9-11H2,1H3,(H,26,30)(H,27,28). The third-order valence-electron chi connectivity index (χ3n) is 5.51. The Morgan fingerprint density at radius 2 is 2.16 bits per heavy atom. The summed E-state index contributed by atoms with van der Waals surface area (Å²) in [6, 6.07) is 8.95. The van der Waals surface area contributed by atoms with E-state index < -0.39 is 0 Å². The Bertz CT molecular complexity index is 1030. The van der Waals surface area contributed by atoms with Crippen molar-refractivity contribution in [1.29, 1.82) is 0 Å². The molecule has 0 spiro atoms. The average molecular weight is 460 g/mol. The van der Waals surface area contributed by atoms with Crippen molar-refractivity contribution < 1.29 is 9.90 Å². The summed E-state index contributed by atoms with van der Waals surface area (Å²) in [5.74, 6) is -0.221. The number of aliphatic hydroxyl groups excluding tert-OH is 1. The molecule has 1 amide bonds. The summed E-state index contributed by atoms with van der Waals surface area (Å²) >= 11 is 7.52. The van der Waals surface area contributed by atoms with Crippen LogP contribution in [0.25, 0.3) is 11.3 Å². The van der Waals surface area contributed by atoms with Crippen LogP contribution in [-0.4, -0.2) is 45.4 Å². The number of thiazole rings is 1. The molecule has 3 aromatic rings. The molecule has 1 aliphatic rings. The first-order valence-electron chi connectivity index (χ1n) is 10.5. The third-order valence-corrected chi connectivity index (χ3v) is 7.07. The first-order valence-corrected chi connectivity index (χ1v) is 11.7. The molecule has 7 nitrogen and oxygen atoms in total. The second-order valence-electron chi connectivity index (χ2n) is 7.72. The fourth-order valence-electron chi connectivity index (χ4n) is 3.84. The van der Waals surface area contributed by atoms with E-state index in [0.717, 1.165) is 46.9 Å². The van der Waals surface area contributed by atoms with Crippen molar-refractivity contribution in [2.24, 2.45) is 0 Å². The van der Waals surface area contributed by atoms with Crippen LogP contribution in [0.5, 0.6) is 0 Å². The monoisotopic (exact) mass is 459 g/mol. The number of benzene rings is 1. The van der Waals surface area contributed by atoms with Crippen LogP contribution in [0.4, 0.5) is 0 Å². The molecule has 0 bridgehead atoms. The van der Waals surface area contributed by atoms with Crippen LogP contribution in [0.1, 0.15) is 51.4 Å². The van der Waals surface area contributed by atoms with Crippen LogP contribution in [0, 0.1) is 6.92 Å². The lowest BCUT2D eigenvalue weighted by molar-refractivity contribution is 0.0917. The van der Waals surface area contributed by atoms with E-state index in [1.165, 1.54) is 0 Å². The van der Waals surface area contributed by atoms with Gasteiger partial charge in [0, 0.05) is 34.5 Å². The second kappa shape index (κ2) is 9.91. The van der Waals surface area contributed by atoms with Crippen molar-refractivity contribution in [3.05, 3.63) is 56.6 Å². The van der Waals surface area contributed by atoms with Gasteiger partial charge in [0.15, 0.2) is 0 Å². The number of nitrogens with one attached hydrogen (secondary N) is 3. The van der Waals surface area contributed by atoms with E-state index >= 15 is 0 Å². The van der Waals surface area contributed by atoms with Gasteiger partial charge in [0.25, 0.3) is 5.91 Å². The van der Waals surface area contributed by atoms with E-state index in [4.69, 9.17) is 16.6 Å². The lowest BCUT2D eigenvalue weighted by Crippen LogP contribution is -2.46.